The van der Waals surface area contributed by atoms with Crippen LogP contribution in [0.1, 0.15) is 32.3 Å². The van der Waals surface area contributed by atoms with Gasteiger partial charge in [0.25, 0.3) is 5.91 Å². The fourth-order valence-electron chi connectivity index (χ4n) is 2.92. The van der Waals surface area contributed by atoms with Gasteiger partial charge in [0.15, 0.2) is 6.10 Å². The molecule has 1 fully saturated rings. The molecule has 0 saturated carbocycles. The van der Waals surface area contributed by atoms with Gasteiger partial charge in [0.2, 0.25) is 5.91 Å². The second-order valence-corrected chi connectivity index (χ2v) is 7.23. The first-order valence-corrected chi connectivity index (χ1v) is 9.78. The van der Waals surface area contributed by atoms with Crippen LogP contribution < -0.4 is 4.74 Å². The van der Waals surface area contributed by atoms with E-state index < -0.39 is 12.1 Å². The Bertz CT molecular complexity index is 717. The number of benzene rings is 1. The van der Waals surface area contributed by atoms with Gasteiger partial charge in [0.1, 0.15) is 5.75 Å². The van der Waals surface area contributed by atoms with Crippen LogP contribution in [0.2, 0.25) is 5.02 Å². The van der Waals surface area contributed by atoms with Gasteiger partial charge in [-0.2, -0.15) is 0 Å². The zero-order chi connectivity index (χ0) is 20.7. The Hall–Kier alpha value is -2.28. The lowest BCUT2D eigenvalue weighted by Gasteiger charge is -2.35. The van der Waals surface area contributed by atoms with E-state index in [1.807, 2.05) is 13.0 Å². The third-order valence-corrected chi connectivity index (χ3v) is 5.04. The predicted octanol–water partition coefficient (Wildman–Crippen LogP) is 2.43. The smallest absolute Gasteiger partial charge is 0.306 e. The highest BCUT2D eigenvalue weighted by molar-refractivity contribution is 6.31. The molecule has 0 bridgehead atoms. The van der Waals surface area contributed by atoms with Crippen molar-refractivity contribution in [3.8, 4) is 5.75 Å². The van der Waals surface area contributed by atoms with Gasteiger partial charge in [-0.3, -0.25) is 14.4 Å². The monoisotopic (exact) mass is 410 g/mol. The highest BCUT2D eigenvalue weighted by Crippen LogP contribution is 2.21. The molecule has 2 amide bonds. The van der Waals surface area contributed by atoms with Crippen LogP contribution in [-0.2, 0) is 19.1 Å². The minimum atomic E-state index is -0.837. The number of esters is 1. The third-order valence-electron chi connectivity index (χ3n) is 4.62. The van der Waals surface area contributed by atoms with E-state index in [9.17, 15) is 14.4 Å². The molecular formula is C20H27ClN2O5. The lowest BCUT2D eigenvalue weighted by molar-refractivity contribution is -0.160. The van der Waals surface area contributed by atoms with E-state index in [0.717, 1.165) is 5.56 Å². The van der Waals surface area contributed by atoms with Gasteiger partial charge in [-0.1, -0.05) is 11.6 Å². The number of carbonyl (C=O) groups excluding carboxylic acids is 3. The highest BCUT2D eigenvalue weighted by atomic mass is 35.5. The second-order valence-electron chi connectivity index (χ2n) is 6.83. The molecule has 28 heavy (non-hydrogen) atoms. The largest absolute Gasteiger partial charge is 0.494 e. The van der Waals surface area contributed by atoms with Gasteiger partial charge < -0.3 is 19.3 Å². The molecule has 154 valence electrons. The minimum Gasteiger partial charge on any atom is -0.494 e. The first-order chi connectivity index (χ1) is 13.3. The van der Waals surface area contributed by atoms with Crippen molar-refractivity contribution in [2.45, 2.75) is 39.7 Å². The van der Waals surface area contributed by atoms with Gasteiger partial charge in [0, 0.05) is 44.5 Å². The number of rotatable bonds is 7. The molecule has 1 aliphatic rings. The average molecular weight is 411 g/mol. The molecule has 0 aromatic heterocycles. The van der Waals surface area contributed by atoms with Gasteiger partial charge in [-0.05, 0) is 44.0 Å². The molecule has 7 nitrogen and oxygen atoms in total. The Labute approximate surface area is 170 Å². The molecule has 1 aromatic rings. The quantitative estimate of drug-likeness (QED) is 0.509. The zero-order valence-corrected chi connectivity index (χ0v) is 17.3. The average Bonchev–Trinajstić information content (AvgIpc) is 2.67. The third kappa shape index (κ3) is 6.41. The summed E-state index contributed by atoms with van der Waals surface area (Å²) >= 11 is 5.97. The van der Waals surface area contributed by atoms with Gasteiger partial charge >= 0.3 is 5.97 Å². The molecule has 1 aromatic carbocycles. The molecular weight excluding hydrogens is 384 g/mol. The molecule has 1 saturated heterocycles. The fourth-order valence-corrected chi connectivity index (χ4v) is 3.04. The SMILES string of the molecule is CC(=O)N1CCN(C(=O)C(C)OC(=O)CCCOc2ccc(Cl)c(C)c2)CC1. The maximum absolute atomic E-state index is 12.4. The summed E-state index contributed by atoms with van der Waals surface area (Å²) in [7, 11) is 0. The minimum absolute atomic E-state index is 0.00237. The summed E-state index contributed by atoms with van der Waals surface area (Å²) in [6.45, 7) is 7.26. The highest BCUT2D eigenvalue weighted by Gasteiger charge is 2.27. The van der Waals surface area contributed by atoms with Crippen LogP contribution in [0.3, 0.4) is 0 Å². The Morgan fingerprint density at radius 1 is 1.14 bits per heavy atom. The van der Waals surface area contributed by atoms with Crippen molar-refractivity contribution in [2.75, 3.05) is 32.8 Å². The number of amides is 2. The molecule has 0 spiro atoms. The Balaban J connectivity index is 1.67. The number of aryl methyl sites for hydroxylation is 1. The van der Waals surface area contributed by atoms with E-state index in [1.54, 1.807) is 28.9 Å². The second kappa shape index (κ2) is 10.3. The first kappa shape index (κ1) is 22.0. The first-order valence-electron chi connectivity index (χ1n) is 9.40. The molecule has 8 heteroatoms. The lowest BCUT2D eigenvalue weighted by atomic mass is 10.2. The van der Waals surface area contributed by atoms with Crippen molar-refractivity contribution >= 4 is 29.4 Å². The topological polar surface area (TPSA) is 76.2 Å². The molecule has 0 aliphatic carbocycles. The zero-order valence-electron chi connectivity index (χ0n) is 16.6. The van der Waals surface area contributed by atoms with Crippen molar-refractivity contribution in [3.05, 3.63) is 28.8 Å². The van der Waals surface area contributed by atoms with Gasteiger partial charge in [0.05, 0.1) is 6.61 Å². The van der Waals surface area contributed by atoms with Crippen molar-refractivity contribution in [2.24, 2.45) is 0 Å². The number of hydrogen-bond donors (Lipinski definition) is 0. The predicted molar refractivity (Wildman–Crippen MR) is 105 cm³/mol. The number of carbonyl (C=O) groups is 3. The van der Waals surface area contributed by atoms with Crippen molar-refractivity contribution in [1.29, 1.82) is 0 Å². The molecule has 1 aliphatic heterocycles. The number of halogens is 1. The van der Waals surface area contributed by atoms with Crippen LogP contribution in [0.15, 0.2) is 18.2 Å². The molecule has 2 rings (SSSR count). The summed E-state index contributed by atoms with van der Waals surface area (Å²) in [5.41, 5.74) is 0.926. The van der Waals surface area contributed by atoms with Crippen molar-refractivity contribution in [3.63, 3.8) is 0 Å². The Kier molecular flexibility index (Phi) is 8.11. The maximum Gasteiger partial charge on any atom is 0.306 e. The number of ether oxygens (including phenoxy) is 2. The fraction of sp³-hybridized carbons (Fsp3) is 0.550. The Morgan fingerprint density at radius 2 is 1.79 bits per heavy atom. The van der Waals surface area contributed by atoms with E-state index in [1.165, 1.54) is 6.92 Å². The summed E-state index contributed by atoms with van der Waals surface area (Å²) in [6.07, 6.45) is -0.183. The van der Waals surface area contributed by atoms with Gasteiger partial charge in [-0.25, -0.2) is 0 Å². The molecule has 1 heterocycles. The lowest BCUT2D eigenvalue weighted by Crippen LogP contribution is -2.52. The van der Waals surface area contributed by atoms with Crippen LogP contribution in [-0.4, -0.2) is 66.5 Å². The molecule has 0 radical (unpaired) electrons. The van der Waals surface area contributed by atoms with E-state index >= 15 is 0 Å². The number of hydrogen-bond acceptors (Lipinski definition) is 5. The summed E-state index contributed by atoms with van der Waals surface area (Å²) in [5, 5.41) is 0.678. The van der Waals surface area contributed by atoms with Crippen LogP contribution in [0.25, 0.3) is 0 Å². The standard InChI is InChI=1S/C20H27ClN2O5/c1-14-13-17(6-7-18(14)21)27-12-4-5-19(25)28-15(2)20(26)23-10-8-22(9-11-23)16(3)24/h6-7,13,15H,4-5,8-12H2,1-3H3. The summed E-state index contributed by atoms with van der Waals surface area (Å²) < 4.78 is 10.8. The van der Waals surface area contributed by atoms with E-state index in [2.05, 4.69) is 0 Å². The number of nitrogens with zero attached hydrogens (tertiary/aromatic N) is 2. The molecule has 0 N–H and O–H groups in total. The van der Waals surface area contributed by atoms with E-state index in [0.29, 0.717) is 50.0 Å². The van der Waals surface area contributed by atoms with E-state index in [-0.39, 0.29) is 18.2 Å². The van der Waals surface area contributed by atoms with Crippen LogP contribution >= 0.6 is 11.6 Å². The van der Waals surface area contributed by atoms with Crippen LogP contribution in [0.4, 0.5) is 0 Å². The Morgan fingerprint density at radius 3 is 2.39 bits per heavy atom. The van der Waals surface area contributed by atoms with Crippen LogP contribution in [0.5, 0.6) is 5.75 Å². The molecule has 1 unspecified atom stereocenters. The summed E-state index contributed by atoms with van der Waals surface area (Å²) in [6, 6.07) is 5.39. The van der Waals surface area contributed by atoms with E-state index in [4.69, 9.17) is 21.1 Å². The normalized spacial score (nSPS) is 15.1. The van der Waals surface area contributed by atoms with Crippen LogP contribution in [0, 0.1) is 6.92 Å². The molecule has 1 atom stereocenters. The summed E-state index contributed by atoms with van der Waals surface area (Å²) in [4.78, 5) is 39.0. The summed E-state index contributed by atoms with van der Waals surface area (Å²) in [5.74, 6) is 0.0367. The van der Waals surface area contributed by atoms with Crippen molar-refractivity contribution < 1.29 is 23.9 Å². The van der Waals surface area contributed by atoms with Crippen molar-refractivity contribution in [1.82, 2.24) is 9.80 Å². The maximum atomic E-state index is 12.4. The number of piperazine rings is 1. The van der Waals surface area contributed by atoms with Gasteiger partial charge in [-0.15, -0.1) is 0 Å².